The van der Waals surface area contributed by atoms with E-state index in [9.17, 15) is 9.90 Å². The van der Waals surface area contributed by atoms with E-state index in [0.717, 1.165) is 5.56 Å². The number of benzene rings is 4. The number of para-hydroxylation sites is 2. The van der Waals surface area contributed by atoms with Gasteiger partial charge in [-0.3, -0.25) is 9.79 Å². The molecule has 4 aromatic carbocycles. The first-order valence-corrected chi connectivity index (χ1v) is 11.6. The molecule has 2 N–H and O–H groups in total. The van der Waals surface area contributed by atoms with Crippen molar-refractivity contribution in [1.29, 1.82) is 0 Å². The van der Waals surface area contributed by atoms with E-state index in [-0.39, 0.29) is 18.2 Å². The third kappa shape index (κ3) is 5.29. The van der Waals surface area contributed by atoms with Crippen LogP contribution < -0.4 is 21.2 Å². The predicted molar refractivity (Wildman–Crippen MR) is 134 cm³/mol. The number of carbonyl (C=O) groups is 1. The third-order valence-electron chi connectivity index (χ3n) is 4.85. The fourth-order valence-corrected chi connectivity index (χ4v) is 5.80. The topological polar surface area (TPSA) is 61.7 Å². The summed E-state index contributed by atoms with van der Waals surface area (Å²) < 4.78 is 0. The second kappa shape index (κ2) is 10.5. The van der Waals surface area contributed by atoms with Crippen molar-refractivity contribution < 1.29 is 9.90 Å². The van der Waals surface area contributed by atoms with Gasteiger partial charge in [0.15, 0.2) is 0 Å². The minimum absolute atomic E-state index is 0.0305. The van der Waals surface area contributed by atoms with Crippen LogP contribution in [0, 0.1) is 0 Å². The maximum Gasteiger partial charge on any atom is 0.246 e. The molecule has 0 saturated heterocycles. The molecule has 0 aromatic heterocycles. The molecule has 0 unspecified atom stereocenters. The molecule has 4 aromatic rings. The van der Waals surface area contributed by atoms with Crippen LogP contribution >= 0.6 is 7.92 Å². The van der Waals surface area contributed by atoms with Crippen LogP contribution in [0.5, 0.6) is 5.75 Å². The lowest BCUT2D eigenvalue weighted by molar-refractivity contribution is -0.114. The van der Waals surface area contributed by atoms with Gasteiger partial charge in [-0.05, 0) is 36.0 Å². The van der Waals surface area contributed by atoms with Crippen LogP contribution in [-0.4, -0.2) is 23.8 Å². The molecule has 0 atom stereocenters. The molecule has 0 bridgehead atoms. The molecule has 32 heavy (non-hydrogen) atoms. The molecular weight excluding hydrogens is 415 g/mol. The van der Waals surface area contributed by atoms with Gasteiger partial charge in [0.1, 0.15) is 12.3 Å². The molecule has 0 heterocycles. The van der Waals surface area contributed by atoms with Gasteiger partial charge in [-0.1, -0.05) is 97.1 Å². The van der Waals surface area contributed by atoms with Crippen LogP contribution in [0.1, 0.15) is 5.56 Å². The lowest BCUT2D eigenvalue weighted by atomic mass is 10.2. The molecule has 0 fully saturated rings. The van der Waals surface area contributed by atoms with Crippen molar-refractivity contribution in [3.8, 4) is 5.75 Å². The highest BCUT2D eigenvalue weighted by atomic mass is 31.1. The third-order valence-corrected chi connectivity index (χ3v) is 7.37. The Morgan fingerprint density at radius 1 is 0.781 bits per heavy atom. The Balaban J connectivity index is 1.59. The number of amides is 1. The lowest BCUT2D eigenvalue weighted by Crippen LogP contribution is -2.23. The fraction of sp³-hybridized carbons (Fsp3) is 0.0370. The highest BCUT2D eigenvalue weighted by Crippen LogP contribution is 2.33. The number of aromatic hydroxyl groups is 1. The summed E-state index contributed by atoms with van der Waals surface area (Å²) in [4.78, 5) is 16.7. The molecule has 0 radical (unpaired) electrons. The average molecular weight is 438 g/mol. The van der Waals surface area contributed by atoms with E-state index < -0.39 is 7.92 Å². The van der Waals surface area contributed by atoms with Gasteiger partial charge in [-0.2, -0.15) is 0 Å². The van der Waals surface area contributed by atoms with Crippen molar-refractivity contribution >= 4 is 41.6 Å². The quantitative estimate of drug-likeness (QED) is 0.258. The summed E-state index contributed by atoms with van der Waals surface area (Å²) >= 11 is 0. The molecular formula is C27H23N2O2P. The van der Waals surface area contributed by atoms with E-state index in [1.807, 2.05) is 30.3 Å². The van der Waals surface area contributed by atoms with E-state index in [2.05, 4.69) is 64.9 Å². The summed E-state index contributed by atoms with van der Waals surface area (Å²) in [7, 11) is -0.768. The van der Waals surface area contributed by atoms with Crippen molar-refractivity contribution in [1.82, 2.24) is 0 Å². The van der Waals surface area contributed by atoms with E-state index in [1.165, 1.54) is 22.0 Å². The minimum Gasteiger partial charge on any atom is -0.506 e. The van der Waals surface area contributed by atoms with Crippen LogP contribution in [0.15, 0.2) is 114 Å². The molecule has 0 spiro atoms. The number of rotatable bonds is 7. The maximum atomic E-state index is 12.3. The normalized spacial score (nSPS) is 11.0. The van der Waals surface area contributed by atoms with Crippen LogP contribution in [0.2, 0.25) is 0 Å². The zero-order valence-electron chi connectivity index (χ0n) is 17.4. The number of nitrogens with zero attached hydrogens (tertiary/aromatic N) is 1. The predicted octanol–water partition coefficient (Wildman–Crippen LogP) is 4.21. The molecule has 0 aliphatic carbocycles. The molecule has 1 amide bonds. The van der Waals surface area contributed by atoms with Crippen LogP contribution in [-0.2, 0) is 4.79 Å². The van der Waals surface area contributed by atoms with Crippen LogP contribution in [0.3, 0.4) is 0 Å². The largest absolute Gasteiger partial charge is 0.506 e. The zero-order chi connectivity index (χ0) is 22.2. The molecule has 0 saturated carbocycles. The molecule has 0 aliphatic heterocycles. The summed E-state index contributed by atoms with van der Waals surface area (Å²) in [5.74, 6) is -0.250. The highest BCUT2D eigenvalue weighted by molar-refractivity contribution is 7.80. The van der Waals surface area contributed by atoms with E-state index in [1.54, 1.807) is 24.4 Å². The van der Waals surface area contributed by atoms with Crippen molar-refractivity contribution in [3.63, 3.8) is 0 Å². The van der Waals surface area contributed by atoms with Crippen molar-refractivity contribution in [2.45, 2.75) is 0 Å². The van der Waals surface area contributed by atoms with Crippen LogP contribution in [0.4, 0.5) is 5.69 Å². The molecule has 4 nitrogen and oxygen atoms in total. The lowest BCUT2D eigenvalue weighted by Gasteiger charge is -2.21. The summed E-state index contributed by atoms with van der Waals surface area (Å²) in [5.41, 5.74) is 1.37. The first-order chi connectivity index (χ1) is 15.7. The van der Waals surface area contributed by atoms with E-state index in [0.29, 0.717) is 5.69 Å². The second-order valence-electron chi connectivity index (χ2n) is 7.10. The summed E-state index contributed by atoms with van der Waals surface area (Å²) in [6.45, 7) is -0.0305. The number of hydrogen-bond acceptors (Lipinski definition) is 3. The molecule has 4 rings (SSSR count). The molecule has 5 heteroatoms. The van der Waals surface area contributed by atoms with Gasteiger partial charge in [0.2, 0.25) is 5.91 Å². The maximum absolute atomic E-state index is 12.3. The highest BCUT2D eigenvalue weighted by Gasteiger charge is 2.18. The van der Waals surface area contributed by atoms with Crippen LogP contribution in [0.25, 0.3) is 0 Å². The Labute approximate surface area is 189 Å². The monoisotopic (exact) mass is 438 g/mol. The Kier molecular flexibility index (Phi) is 7.06. The number of anilines is 1. The first-order valence-electron chi connectivity index (χ1n) is 10.3. The van der Waals surface area contributed by atoms with E-state index in [4.69, 9.17) is 0 Å². The van der Waals surface area contributed by atoms with Crippen molar-refractivity contribution in [2.75, 3.05) is 11.9 Å². The van der Waals surface area contributed by atoms with Gasteiger partial charge in [0.25, 0.3) is 0 Å². The van der Waals surface area contributed by atoms with Crippen molar-refractivity contribution in [2.24, 2.45) is 4.99 Å². The minimum atomic E-state index is -0.768. The number of nitrogens with one attached hydrogen (secondary N) is 1. The van der Waals surface area contributed by atoms with Gasteiger partial charge in [-0.25, -0.2) is 0 Å². The zero-order valence-corrected chi connectivity index (χ0v) is 18.3. The summed E-state index contributed by atoms with van der Waals surface area (Å²) in [6.07, 6.45) is 1.76. The van der Waals surface area contributed by atoms with E-state index >= 15 is 0 Å². The summed E-state index contributed by atoms with van der Waals surface area (Å²) in [6, 6.07) is 35.8. The average Bonchev–Trinajstić information content (AvgIpc) is 2.83. The van der Waals surface area contributed by atoms with Gasteiger partial charge in [0, 0.05) is 11.8 Å². The van der Waals surface area contributed by atoms with Gasteiger partial charge < -0.3 is 10.4 Å². The Hall–Kier alpha value is -3.75. The molecule has 158 valence electrons. The Morgan fingerprint density at radius 2 is 1.34 bits per heavy atom. The van der Waals surface area contributed by atoms with Gasteiger partial charge >= 0.3 is 0 Å². The summed E-state index contributed by atoms with van der Waals surface area (Å²) in [5, 5.41) is 16.2. The standard InChI is InChI=1S/C27H23N2O2P/c30-25-17-9-8-16-24(25)29-27(31)20-28-19-21-11-7-10-18-26(21)32(22-12-3-1-4-13-22)23-14-5-2-6-15-23/h1-19,30H,20H2,(H,29,31). The number of carbonyl (C=O) groups excluding carboxylic acids is 1. The smallest absolute Gasteiger partial charge is 0.246 e. The SMILES string of the molecule is O=C(CN=Cc1ccccc1P(c1ccccc1)c1ccccc1)Nc1ccccc1O. The number of aliphatic imine (C=N–C) groups is 1. The molecule has 0 aliphatic rings. The second-order valence-corrected chi connectivity index (χ2v) is 9.29. The first kappa shape index (κ1) is 21.5. The number of phenolic OH excluding ortho intramolecular Hbond substituents is 1. The van der Waals surface area contributed by atoms with Gasteiger partial charge in [0.05, 0.1) is 5.69 Å². The number of phenols is 1. The number of hydrogen-bond donors (Lipinski definition) is 2. The fourth-order valence-electron chi connectivity index (χ4n) is 3.38. The Bertz CT molecular complexity index is 1170. The van der Waals surface area contributed by atoms with Crippen molar-refractivity contribution in [3.05, 3.63) is 115 Å². The van der Waals surface area contributed by atoms with Gasteiger partial charge in [-0.15, -0.1) is 0 Å². The Morgan fingerprint density at radius 3 is 2.00 bits per heavy atom.